The van der Waals surface area contributed by atoms with Crippen LogP contribution in [0.4, 0.5) is 5.69 Å². The number of morpholine rings is 1. The Hall–Kier alpha value is -3.11. The van der Waals surface area contributed by atoms with E-state index in [4.69, 9.17) is 18.9 Å². The minimum atomic E-state index is -0.765. The average molecular weight is 434 g/mol. The standard InChI is InChI=1S/C20H22N2O7S/c1-26-15-10-13(20(25)29-12-18(23)22-5-7-28-8-6-22)14(11-16(15)27-2)21-19(24)17-4-3-9-30-17/h3-4,9-11H,5-8,12H2,1-2H3,(H,21,24). The fourth-order valence-corrected chi connectivity index (χ4v) is 3.47. The minimum Gasteiger partial charge on any atom is -0.493 e. The van der Waals surface area contributed by atoms with Crippen molar-refractivity contribution in [2.45, 2.75) is 0 Å². The second-order valence-corrected chi connectivity index (χ2v) is 7.20. The summed E-state index contributed by atoms with van der Waals surface area (Å²) in [6, 6.07) is 6.30. The number of ether oxygens (including phenoxy) is 4. The number of nitrogens with one attached hydrogen (secondary N) is 1. The Morgan fingerprint density at radius 1 is 1.13 bits per heavy atom. The van der Waals surface area contributed by atoms with Gasteiger partial charge in [-0.2, -0.15) is 0 Å². The maximum absolute atomic E-state index is 12.7. The highest BCUT2D eigenvalue weighted by atomic mass is 32.1. The van der Waals surface area contributed by atoms with Crippen molar-refractivity contribution in [3.63, 3.8) is 0 Å². The van der Waals surface area contributed by atoms with E-state index >= 15 is 0 Å². The van der Waals surface area contributed by atoms with Crippen LogP contribution >= 0.6 is 11.3 Å². The van der Waals surface area contributed by atoms with Crippen LogP contribution in [0.25, 0.3) is 0 Å². The molecule has 9 nitrogen and oxygen atoms in total. The second-order valence-electron chi connectivity index (χ2n) is 6.25. The molecule has 1 aliphatic heterocycles. The number of esters is 1. The molecule has 1 N–H and O–H groups in total. The number of hydrogen-bond donors (Lipinski definition) is 1. The van der Waals surface area contributed by atoms with Crippen LogP contribution in [-0.4, -0.2) is 69.8 Å². The third-order valence-corrected chi connectivity index (χ3v) is 5.30. The Kier molecular flexibility index (Phi) is 7.26. The predicted octanol–water partition coefficient (Wildman–Crippen LogP) is 2.03. The third-order valence-electron chi connectivity index (χ3n) is 4.43. The molecule has 3 rings (SSSR count). The summed E-state index contributed by atoms with van der Waals surface area (Å²) in [7, 11) is 2.88. The largest absolute Gasteiger partial charge is 0.493 e. The zero-order chi connectivity index (χ0) is 21.5. The van der Waals surface area contributed by atoms with Crippen molar-refractivity contribution < 1.29 is 33.3 Å². The van der Waals surface area contributed by atoms with E-state index in [1.807, 2.05) is 0 Å². The molecule has 2 aromatic rings. The van der Waals surface area contributed by atoms with Crippen molar-refractivity contribution in [2.24, 2.45) is 0 Å². The normalized spacial score (nSPS) is 13.5. The quantitative estimate of drug-likeness (QED) is 0.665. The molecule has 30 heavy (non-hydrogen) atoms. The van der Waals surface area contributed by atoms with Gasteiger partial charge in [0.25, 0.3) is 11.8 Å². The lowest BCUT2D eigenvalue weighted by Gasteiger charge is -2.26. The molecule has 1 fully saturated rings. The van der Waals surface area contributed by atoms with E-state index in [9.17, 15) is 14.4 Å². The molecular weight excluding hydrogens is 412 g/mol. The van der Waals surface area contributed by atoms with Crippen molar-refractivity contribution in [2.75, 3.05) is 52.4 Å². The van der Waals surface area contributed by atoms with Crippen LogP contribution in [-0.2, 0) is 14.3 Å². The third kappa shape index (κ3) is 5.08. The number of rotatable bonds is 7. The Morgan fingerprint density at radius 2 is 1.83 bits per heavy atom. The van der Waals surface area contributed by atoms with Crippen molar-refractivity contribution in [3.05, 3.63) is 40.1 Å². The van der Waals surface area contributed by atoms with Crippen LogP contribution in [0.15, 0.2) is 29.6 Å². The first-order chi connectivity index (χ1) is 14.5. The number of benzene rings is 1. The zero-order valence-electron chi connectivity index (χ0n) is 16.6. The molecule has 0 unspecified atom stereocenters. The monoisotopic (exact) mass is 434 g/mol. The molecule has 1 saturated heterocycles. The number of methoxy groups -OCH3 is 2. The Morgan fingerprint density at radius 3 is 2.47 bits per heavy atom. The highest BCUT2D eigenvalue weighted by molar-refractivity contribution is 7.12. The minimum absolute atomic E-state index is 0.0485. The van der Waals surface area contributed by atoms with Crippen molar-refractivity contribution in [3.8, 4) is 11.5 Å². The molecular formula is C20H22N2O7S. The molecule has 1 aromatic heterocycles. The van der Waals surface area contributed by atoms with E-state index in [-0.39, 0.29) is 28.8 Å². The average Bonchev–Trinajstić information content (AvgIpc) is 3.32. The van der Waals surface area contributed by atoms with Gasteiger partial charge in [-0.3, -0.25) is 9.59 Å². The summed E-state index contributed by atoms with van der Waals surface area (Å²) in [5.41, 5.74) is 0.238. The Labute approximate surface area is 177 Å². The van der Waals surface area contributed by atoms with Gasteiger partial charge < -0.3 is 29.2 Å². The van der Waals surface area contributed by atoms with Gasteiger partial charge in [-0.25, -0.2) is 4.79 Å². The lowest BCUT2D eigenvalue weighted by molar-refractivity contribution is -0.138. The fourth-order valence-electron chi connectivity index (χ4n) is 2.85. The molecule has 0 atom stereocenters. The van der Waals surface area contributed by atoms with Crippen LogP contribution in [0.3, 0.4) is 0 Å². The first-order valence-electron chi connectivity index (χ1n) is 9.17. The van der Waals surface area contributed by atoms with Crippen LogP contribution in [0.5, 0.6) is 11.5 Å². The van der Waals surface area contributed by atoms with E-state index in [2.05, 4.69) is 5.32 Å². The van der Waals surface area contributed by atoms with Crippen molar-refractivity contribution >= 4 is 34.8 Å². The van der Waals surface area contributed by atoms with Crippen LogP contribution in [0.2, 0.25) is 0 Å². The Bertz CT molecular complexity index is 908. The van der Waals surface area contributed by atoms with Gasteiger partial charge in [0.05, 0.1) is 43.6 Å². The van der Waals surface area contributed by atoms with E-state index in [0.717, 1.165) is 0 Å². The second kappa shape index (κ2) is 10.1. The van der Waals surface area contributed by atoms with Crippen molar-refractivity contribution in [1.29, 1.82) is 0 Å². The molecule has 0 spiro atoms. The number of nitrogens with zero attached hydrogens (tertiary/aromatic N) is 1. The lowest BCUT2D eigenvalue weighted by atomic mass is 10.1. The van der Waals surface area contributed by atoms with Gasteiger partial charge in [-0.05, 0) is 11.4 Å². The van der Waals surface area contributed by atoms with E-state index in [0.29, 0.717) is 36.9 Å². The van der Waals surface area contributed by atoms with E-state index < -0.39 is 12.6 Å². The summed E-state index contributed by atoms with van der Waals surface area (Å²) in [6.45, 7) is 1.40. The summed E-state index contributed by atoms with van der Waals surface area (Å²) in [4.78, 5) is 39.5. The van der Waals surface area contributed by atoms with Crippen molar-refractivity contribution in [1.82, 2.24) is 4.90 Å². The summed E-state index contributed by atoms with van der Waals surface area (Å²) in [6.07, 6.45) is 0. The summed E-state index contributed by atoms with van der Waals surface area (Å²) in [5, 5.41) is 4.47. The first kappa shape index (κ1) is 21.6. The number of carbonyl (C=O) groups excluding carboxylic acids is 3. The molecule has 0 aliphatic carbocycles. The number of amides is 2. The summed E-state index contributed by atoms with van der Waals surface area (Å²) in [5.74, 6) is -0.830. The highest BCUT2D eigenvalue weighted by Crippen LogP contribution is 2.34. The van der Waals surface area contributed by atoms with Gasteiger partial charge in [0, 0.05) is 25.2 Å². The molecule has 160 valence electrons. The Balaban J connectivity index is 1.79. The van der Waals surface area contributed by atoms with Crippen LogP contribution in [0, 0.1) is 0 Å². The number of thiophene rings is 1. The molecule has 1 aliphatic rings. The van der Waals surface area contributed by atoms with Gasteiger partial charge in [-0.15, -0.1) is 11.3 Å². The molecule has 2 amide bonds. The fraction of sp³-hybridized carbons (Fsp3) is 0.350. The summed E-state index contributed by atoms with van der Waals surface area (Å²) < 4.78 is 20.9. The maximum Gasteiger partial charge on any atom is 0.340 e. The van der Waals surface area contributed by atoms with Crippen LogP contribution in [0.1, 0.15) is 20.0 Å². The lowest BCUT2D eigenvalue weighted by Crippen LogP contribution is -2.42. The van der Waals surface area contributed by atoms with Gasteiger partial charge in [0.2, 0.25) is 0 Å². The predicted molar refractivity (Wildman–Crippen MR) is 109 cm³/mol. The smallest absolute Gasteiger partial charge is 0.340 e. The zero-order valence-corrected chi connectivity index (χ0v) is 17.5. The SMILES string of the molecule is COc1cc(NC(=O)c2cccs2)c(C(=O)OCC(=O)N2CCOCC2)cc1OC. The first-order valence-corrected chi connectivity index (χ1v) is 10.0. The van der Waals surface area contributed by atoms with Crippen LogP contribution < -0.4 is 14.8 Å². The summed E-state index contributed by atoms with van der Waals surface area (Å²) >= 11 is 1.27. The maximum atomic E-state index is 12.7. The molecule has 1 aromatic carbocycles. The molecule has 0 bridgehead atoms. The topological polar surface area (TPSA) is 103 Å². The molecule has 0 radical (unpaired) electrons. The number of carbonyl (C=O) groups is 3. The molecule has 10 heteroatoms. The highest BCUT2D eigenvalue weighted by Gasteiger charge is 2.23. The van der Waals surface area contributed by atoms with E-state index in [1.165, 1.54) is 37.7 Å². The van der Waals surface area contributed by atoms with Gasteiger partial charge in [0.1, 0.15) is 0 Å². The van der Waals surface area contributed by atoms with Gasteiger partial charge in [-0.1, -0.05) is 6.07 Å². The van der Waals surface area contributed by atoms with Gasteiger partial charge in [0.15, 0.2) is 18.1 Å². The molecule has 2 heterocycles. The van der Waals surface area contributed by atoms with Gasteiger partial charge >= 0.3 is 5.97 Å². The van der Waals surface area contributed by atoms with E-state index in [1.54, 1.807) is 22.4 Å². The number of anilines is 1. The number of hydrogen-bond acceptors (Lipinski definition) is 8. The molecule has 0 saturated carbocycles.